The fraction of sp³-hybridized carbons (Fsp3) is 1.00. The third kappa shape index (κ3) is 2.38. The van der Waals surface area contributed by atoms with Crippen molar-refractivity contribution >= 4 is 0 Å². The summed E-state index contributed by atoms with van der Waals surface area (Å²) in [7, 11) is 0. The molecule has 0 amide bonds. The SMILES string of the molecule is CCCCC(C)C1CC1. The van der Waals surface area contributed by atoms with Gasteiger partial charge in [-0.2, -0.15) is 0 Å². The van der Waals surface area contributed by atoms with Crippen LogP contribution in [0.25, 0.3) is 0 Å². The van der Waals surface area contributed by atoms with Crippen molar-refractivity contribution in [2.24, 2.45) is 11.8 Å². The summed E-state index contributed by atoms with van der Waals surface area (Å²) in [4.78, 5) is 0. The lowest BCUT2D eigenvalue weighted by Crippen LogP contribution is -1.95. The molecule has 0 saturated heterocycles. The van der Waals surface area contributed by atoms with E-state index >= 15 is 0 Å². The molecule has 0 bridgehead atoms. The van der Waals surface area contributed by atoms with Gasteiger partial charge in [0.05, 0.1) is 0 Å². The Morgan fingerprint density at radius 3 is 2.56 bits per heavy atom. The standard InChI is InChI=1S/C9H18/c1-3-4-5-8(2)9-6-7-9/h8-9H,3-7H2,1-2H3. The van der Waals surface area contributed by atoms with E-state index in [0.717, 1.165) is 11.8 Å². The molecule has 0 aliphatic heterocycles. The minimum Gasteiger partial charge on any atom is -0.0654 e. The first-order chi connectivity index (χ1) is 4.34. The van der Waals surface area contributed by atoms with Crippen LogP contribution in [0.2, 0.25) is 0 Å². The van der Waals surface area contributed by atoms with Gasteiger partial charge in [0.2, 0.25) is 0 Å². The predicted octanol–water partition coefficient (Wildman–Crippen LogP) is 3.22. The molecular weight excluding hydrogens is 108 g/mol. The lowest BCUT2D eigenvalue weighted by molar-refractivity contribution is 0.451. The molecule has 1 atom stereocenters. The summed E-state index contributed by atoms with van der Waals surface area (Å²) in [5.74, 6) is 2.15. The van der Waals surface area contributed by atoms with Crippen molar-refractivity contribution in [3.8, 4) is 0 Å². The first-order valence-corrected chi connectivity index (χ1v) is 4.34. The van der Waals surface area contributed by atoms with E-state index in [1.807, 2.05) is 0 Å². The van der Waals surface area contributed by atoms with E-state index in [1.54, 1.807) is 0 Å². The smallest absolute Gasteiger partial charge is 0.0388 e. The van der Waals surface area contributed by atoms with E-state index in [4.69, 9.17) is 0 Å². The maximum Gasteiger partial charge on any atom is -0.0388 e. The molecule has 0 heterocycles. The summed E-state index contributed by atoms with van der Waals surface area (Å²) in [6, 6.07) is 0. The van der Waals surface area contributed by atoms with Crippen LogP contribution in [0.15, 0.2) is 0 Å². The van der Waals surface area contributed by atoms with Gasteiger partial charge < -0.3 is 0 Å². The summed E-state index contributed by atoms with van der Waals surface area (Å²) in [5, 5.41) is 0. The second kappa shape index (κ2) is 3.24. The first-order valence-electron chi connectivity index (χ1n) is 4.34. The van der Waals surface area contributed by atoms with Crippen LogP contribution in [0.3, 0.4) is 0 Å². The summed E-state index contributed by atoms with van der Waals surface area (Å²) in [6.45, 7) is 4.69. The maximum atomic E-state index is 2.41. The molecule has 1 aliphatic rings. The van der Waals surface area contributed by atoms with Crippen molar-refractivity contribution in [3.63, 3.8) is 0 Å². The molecule has 1 saturated carbocycles. The fourth-order valence-corrected chi connectivity index (χ4v) is 1.43. The maximum absolute atomic E-state index is 2.41. The minimum absolute atomic E-state index is 1.03. The van der Waals surface area contributed by atoms with Crippen LogP contribution in [0, 0.1) is 11.8 Å². The lowest BCUT2D eigenvalue weighted by atomic mass is 10.00. The van der Waals surface area contributed by atoms with Crippen LogP contribution in [-0.4, -0.2) is 0 Å². The average molecular weight is 126 g/mol. The number of rotatable bonds is 4. The Bertz CT molecular complexity index is 72.1. The summed E-state index contributed by atoms with van der Waals surface area (Å²) >= 11 is 0. The highest BCUT2D eigenvalue weighted by molar-refractivity contribution is 4.78. The second-order valence-corrected chi connectivity index (χ2v) is 3.46. The monoisotopic (exact) mass is 126 g/mol. The quantitative estimate of drug-likeness (QED) is 0.542. The Kier molecular flexibility index (Phi) is 2.56. The molecule has 0 spiro atoms. The third-order valence-corrected chi connectivity index (χ3v) is 2.44. The Morgan fingerprint density at radius 2 is 2.11 bits per heavy atom. The molecule has 1 fully saturated rings. The van der Waals surface area contributed by atoms with E-state index in [1.165, 1.54) is 32.1 Å². The lowest BCUT2D eigenvalue weighted by Gasteiger charge is -2.06. The van der Waals surface area contributed by atoms with Crippen LogP contribution in [0.4, 0.5) is 0 Å². The molecule has 0 aromatic rings. The van der Waals surface area contributed by atoms with Crippen molar-refractivity contribution < 1.29 is 0 Å². The van der Waals surface area contributed by atoms with Crippen LogP contribution >= 0.6 is 0 Å². The highest BCUT2D eigenvalue weighted by Crippen LogP contribution is 2.38. The molecular formula is C9H18. The molecule has 0 heteroatoms. The van der Waals surface area contributed by atoms with Gasteiger partial charge in [0.1, 0.15) is 0 Å². The topological polar surface area (TPSA) is 0 Å². The largest absolute Gasteiger partial charge is 0.0654 e. The predicted molar refractivity (Wildman–Crippen MR) is 41.4 cm³/mol. The Labute approximate surface area is 58.7 Å². The van der Waals surface area contributed by atoms with Gasteiger partial charge in [-0.3, -0.25) is 0 Å². The van der Waals surface area contributed by atoms with Gasteiger partial charge in [0, 0.05) is 0 Å². The highest BCUT2D eigenvalue weighted by atomic mass is 14.3. The van der Waals surface area contributed by atoms with Crippen LogP contribution < -0.4 is 0 Å². The molecule has 0 aromatic heterocycles. The van der Waals surface area contributed by atoms with Crippen molar-refractivity contribution in [3.05, 3.63) is 0 Å². The number of hydrogen-bond donors (Lipinski definition) is 0. The summed E-state index contributed by atoms with van der Waals surface area (Å²) < 4.78 is 0. The summed E-state index contributed by atoms with van der Waals surface area (Å²) in [6.07, 6.45) is 7.33. The van der Waals surface area contributed by atoms with Gasteiger partial charge in [-0.15, -0.1) is 0 Å². The van der Waals surface area contributed by atoms with Crippen molar-refractivity contribution in [2.75, 3.05) is 0 Å². The molecule has 54 valence electrons. The van der Waals surface area contributed by atoms with Gasteiger partial charge in [-0.05, 0) is 24.7 Å². The molecule has 1 rings (SSSR count). The van der Waals surface area contributed by atoms with Crippen molar-refractivity contribution in [1.29, 1.82) is 0 Å². The molecule has 0 aromatic carbocycles. The molecule has 1 aliphatic carbocycles. The Hall–Kier alpha value is 0. The Balaban J connectivity index is 1.96. The van der Waals surface area contributed by atoms with Gasteiger partial charge in [0.25, 0.3) is 0 Å². The van der Waals surface area contributed by atoms with E-state index in [0.29, 0.717) is 0 Å². The first kappa shape index (κ1) is 7.11. The third-order valence-electron chi connectivity index (χ3n) is 2.44. The van der Waals surface area contributed by atoms with E-state index in [2.05, 4.69) is 13.8 Å². The van der Waals surface area contributed by atoms with Crippen molar-refractivity contribution in [2.45, 2.75) is 46.0 Å². The van der Waals surface area contributed by atoms with E-state index in [9.17, 15) is 0 Å². The van der Waals surface area contributed by atoms with Crippen LogP contribution in [0.1, 0.15) is 46.0 Å². The molecule has 0 radical (unpaired) electrons. The fourth-order valence-electron chi connectivity index (χ4n) is 1.43. The molecule has 1 unspecified atom stereocenters. The minimum atomic E-state index is 1.03. The Morgan fingerprint density at radius 1 is 1.44 bits per heavy atom. The van der Waals surface area contributed by atoms with E-state index in [-0.39, 0.29) is 0 Å². The van der Waals surface area contributed by atoms with E-state index < -0.39 is 0 Å². The normalized spacial score (nSPS) is 22.0. The molecule has 0 N–H and O–H groups in total. The second-order valence-electron chi connectivity index (χ2n) is 3.46. The number of hydrogen-bond acceptors (Lipinski definition) is 0. The zero-order valence-electron chi connectivity index (χ0n) is 6.69. The van der Waals surface area contributed by atoms with Gasteiger partial charge in [0.15, 0.2) is 0 Å². The van der Waals surface area contributed by atoms with Gasteiger partial charge >= 0.3 is 0 Å². The molecule has 0 nitrogen and oxygen atoms in total. The van der Waals surface area contributed by atoms with Crippen LogP contribution in [0.5, 0.6) is 0 Å². The highest BCUT2D eigenvalue weighted by Gasteiger charge is 2.26. The van der Waals surface area contributed by atoms with Gasteiger partial charge in [-0.1, -0.05) is 33.1 Å². The number of unbranched alkanes of at least 4 members (excludes halogenated alkanes) is 1. The van der Waals surface area contributed by atoms with Crippen LogP contribution in [-0.2, 0) is 0 Å². The molecule has 9 heavy (non-hydrogen) atoms. The average Bonchev–Trinajstić information content (AvgIpc) is 2.63. The zero-order valence-corrected chi connectivity index (χ0v) is 6.69. The van der Waals surface area contributed by atoms with Crippen molar-refractivity contribution in [1.82, 2.24) is 0 Å². The zero-order chi connectivity index (χ0) is 6.69. The summed E-state index contributed by atoms with van der Waals surface area (Å²) in [5.41, 5.74) is 0. The van der Waals surface area contributed by atoms with Gasteiger partial charge in [-0.25, -0.2) is 0 Å².